The molecule has 1 aliphatic heterocycles. The van der Waals surface area contributed by atoms with Gasteiger partial charge in [0.1, 0.15) is 0 Å². The number of hydrogen-bond acceptors (Lipinski definition) is 4. The highest BCUT2D eigenvalue weighted by atomic mass is 16.1. The van der Waals surface area contributed by atoms with Crippen LogP contribution in [0.3, 0.4) is 0 Å². The highest BCUT2D eigenvalue weighted by Crippen LogP contribution is 2.00. The van der Waals surface area contributed by atoms with Gasteiger partial charge in [-0.3, -0.25) is 14.4 Å². The number of carbonyl (C=O) groups excluding carboxylic acids is 1. The zero-order valence-electron chi connectivity index (χ0n) is 9.22. The molecule has 0 atom stereocenters. The van der Waals surface area contributed by atoms with E-state index in [1.165, 1.54) is 0 Å². The van der Waals surface area contributed by atoms with Crippen LogP contribution < -0.4 is 11.1 Å². The molecule has 0 unspecified atom stereocenters. The summed E-state index contributed by atoms with van der Waals surface area (Å²) in [6, 6.07) is 0. The molecule has 1 aromatic rings. The Morgan fingerprint density at radius 2 is 2.31 bits per heavy atom. The predicted octanol–water partition coefficient (Wildman–Crippen LogP) is -0.713. The molecule has 0 radical (unpaired) electrons. The lowest BCUT2D eigenvalue weighted by atomic mass is 10.4. The van der Waals surface area contributed by atoms with Crippen molar-refractivity contribution in [3.05, 3.63) is 12.4 Å². The second-order valence-corrected chi connectivity index (χ2v) is 3.98. The molecular weight excluding hydrogens is 206 g/mol. The van der Waals surface area contributed by atoms with E-state index in [1.54, 1.807) is 6.20 Å². The Hall–Kier alpha value is -1.56. The van der Waals surface area contributed by atoms with E-state index in [0.717, 1.165) is 32.7 Å². The third-order valence-electron chi connectivity index (χ3n) is 2.70. The number of carbonyl (C=O) groups is 1. The molecule has 0 aromatic carbocycles. The van der Waals surface area contributed by atoms with Crippen LogP contribution in [0.15, 0.2) is 12.4 Å². The summed E-state index contributed by atoms with van der Waals surface area (Å²) < 4.78 is 1.83. The third-order valence-corrected chi connectivity index (χ3v) is 2.70. The summed E-state index contributed by atoms with van der Waals surface area (Å²) >= 11 is 0. The number of nitrogens with zero attached hydrogens (tertiary/aromatic N) is 3. The van der Waals surface area contributed by atoms with E-state index in [0.29, 0.717) is 12.1 Å². The highest BCUT2D eigenvalue weighted by molar-refractivity contribution is 5.76. The van der Waals surface area contributed by atoms with E-state index in [2.05, 4.69) is 15.3 Å². The lowest BCUT2D eigenvalue weighted by Crippen LogP contribution is -2.31. The largest absolute Gasteiger partial charge is 0.396 e. The van der Waals surface area contributed by atoms with Crippen LogP contribution in [0.5, 0.6) is 0 Å². The second-order valence-electron chi connectivity index (χ2n) is 3.98. The smallest absolute Gasteiger partial charge is 0.221 e. The average Bonchev–Trinajstić information content (AvgIpc) is 2.56. The third kappa shape index (κ3) is 2.96. The molecule has 2 rings (SSSR count). The molecule has 88 valence electrons. The highest BCUT2D eigenvalue weighted by Gasteiger charge is 2.12. The molecule has 0 bridgehead atoms. The molecule has 1 saturated heterocycles. The molecule has 16 heavy (non-hydrogen) atoms. The van der Waals surface area contributed by atoms with E-state index in [1.807, 2.05) is 10.9 Å². The number of anilines is 1. The zero-order chi connectivity index (χ0) is 11.4. The molecule has 6 heteroatoms. The molecule has 1 aliphatic rings. The van der Waals surface area contributed by atoms with Gasteiger partial charge in [0.25, 0.3) is 0 Å². The van der Waals surface area contributed by atoms with Crippen molar-refractivity contribution in [2.75, 3.05) is 31.9 Å². The van der Waals surface area contributed by atoms with E-state index < -0.39 is 0 Å². The van der Waals surface area contributed by atoms with Crippen molar-refractivity contribution in [3.63, 3.8) is 0 Å². The molecule has 1 fully saturated rings. The monoisotopic (exact) mass is 223 g/mol. The van der Waals surface area contributed by atoms with Crippen LogP contribution >= 0.6 is 0 Å². The molecule has 3 N–H and O–H groups in total. The Kier molecular flexibility index (Phi) is 3.40. The van der Waals surface area contributed by atoms with Crippen molar-refractivity contribution in [1.29, 1.82) is 0 Å². The van der Waals surface area contributed by atoms with E-state index in [9.17, 15) is 4.79 Å². The lowest BCUT2D eigenvalue weighted by molar-refractivity contribution is -0.120. The SMILES string of the molecule is Nc1cnn(CCN2CCNC(=O)CC2)c1. The van der Waals surface area contributed by atoms with Gasteiger partial charge in [0.15, 0.2) is 0 Å². The van der Waals surface area contributed by atoms with Crippen molar-refractivity contribution < 1.29 is 4.79 Å². The minimum absolute atomic E-state index is 0.144. The van der Waals surface area contributed by atoms with Crippen LogP contribution in [0.2, 0.25) is 0 Å². The Morgan fingerprint density at radius 3 is 3.06 bits per heavy atom. The maximum atomic E-state index is 11.1. The lowest BCUT2D eigenvalue weighted by Gasteiger charge is -2.18. The van der Waals surface area contributed by atoms with Crippen LogP contribution in [-0.2, 0) is 11.3 Å². The van der Waals surface area contributed by atoms with E-state index in [4.69, 9.17) is 5.73 Å². The molecule has 2 heterocycles. The van der Waals surface area contributed by atoms with Gasteiger partial charge in [0.2, 0.25) is 5.91 Å². The molecule has 0 spiro atoms. The van der Waals surface area contributed by atoms with Gasteiger partial charge >= 0.3 is 0 Å². The van der Waals surface area contributed by atoms with Gasteiger partial charge in [-0.15, -0.1) is 0 Å². The summed E-state index contributed by atoms with van der Waals surface area (Å²) in [7, 11) is 0. The fourth-order valence-electron chi connectivity index (χ4n) is 1.78. The number of aromatic nitrogens is 2. The quantitative estimate of drug-likeness (QED) is 0.709. The van der Waals surface area contributed by atoms with Gasteiger partial charge in [0.05, 0.1) is 18.4 Å². The number of rotatable bonds is 3. The van der Waals surface area contributed by atoms with Crippen LogP contribution in [0.25, 0.3) is 0 Å². The number of nitrogens with two attached hydrogens (primary N) is 1. The summed E-state index contributed by atoms with van der Waals surface area (Å²) in [5.41, 5.74) is 6.27. The van der Waals surface area contributed by atoms with Gasteiger partial charge in [-0.25, -0.2) is 0 Å². The molecule has 0 saturated carbocycles. The fourth-order valence-corrected chi connectivity index (χ4v) is 1.78. The van der Waals surface area contributed by atoms with Crippen molar-refractivity contribution in [2.24, 2.45) is 0 Å². The summed E-state index contributed by atoms with van der Waals surface area (Å²) in [6.07, 6.45) is 4.05. The molecule has 0 aliphatic carbocycles. The van der Waals surface area contributed by atoms with Gasteiger partial charge < -0.3 is 11.1 Å². The second kappa shape index (κ2) is 4.98. The average molecular weight is 223 g/mol. The normalized spacial score (nSPS) is 18.1. The Bertz CT molecular complexity index is 362. The molecule has 1 amide bonds. The van der Waals surface area contributed by atoms with Crippen LogP contribution in [0.4, 0.5) is 5.69 Å². The number of hydrogen-bond donors (Lipinski definition) is 2. The van der Waals surface area contributed by atoms with Crippen LogP contribution in [0.1, 0.15) is 6.42 Å². The maximum Gasteiger partial charge on any atom is 0.221 e. The number of amides is 1. The van der Waals surface area contributed by atoms with Crippen molar-refractivity contribution in [3.8, 4) is 0 Å². The van der Waals surface area contributed by atoms with Gasteiger partial charge in [-0.2, -0.15) is 5.10 Å². The Balaban J connectivity index is 1.79. The predicted molar refractivity (Wildman–Crippen MR) is 60.7 cm³/mol. The minimum Gasteiger partial charge on any atom is -0.396 e. The van der Waals surface area contributed by atoms with Crippen molar-refractivity contribution in [1.82, 2.24) is 20.0 Å². The van der Waals surface area contributed by atoms with Gasteiger partial charge in [-0.05, 0) is 0 Å². The number of nitrogens with one attached hydrogen (secondary N) is 1. The van der Waals surface area contributed by atoms with Crippen molar-refractivity contribution >= 4 is 11.6 Å². The first-order valence-electron chi connectivity index (χ1n) is 5.51. The molecule has 1 aromatic heterocycles. The Morgan fingerprint density at radius 1 is 1.44 bits per heavy atom. The molecular formula is C10H17N5O. The van der Waals surface area contributed by atoms with Crippen molar-refractivity contribution in [2.45, 2.75) is 13.0 Å². The van der Waals surface area contributed by atoms with Crippen LogP contribution in [0, 0.1) is 0 Å². The maximum absolute atomic E-state index is 11.1. The summed E-state index contributed by atoms with van der Waals surface area (Å²) in [5.74, 6) is 0.144. The van der Waals surface area contributed by atoms with E-state index in [-0.39, 0.29) is 5.91 Å². The standard InChI is InChI=1S/C10H17N5O/c11-9-7-13-15(8-9)6-5-14-3-1-10(16)12-2-4-14/h7-8H,1-6,11H2,(H,12,16). The zero-order valence-corrected chi connectivity index (χ0v) is 9.22. The first-order valence-corrected chi connectivity index (χ1v) is 5.51. The summed E-state index contributed by atoms with van der Waals surface area (Å²) in [6.45, 7) is 4.17. The minimum atomic E-state index is 0.144. The summed E-state index contributed by atoms with van der Waals surface area (Å²) in [5, 5.41) is 6.97. The van der Waals surface area contributed by atoms with Gasteiger partial charge in [-0.1, -0.05) is 0 Å². The fraction of sp³-hybridized carbons (Fsp3) is 0.600. The summed E-state index contributed by atoms with van der Waals surface area (Å²) in [4.78, 5) is 13.4. The topological polar surface area (TPSA) is 76.2 Å². The Labute approximate surface area is 94.4 Å². The van der Waals surface area contributed by atoms with Gasteiger partial charge in [0, 0.05) is 38.8 Å². The van der Waals surface area contributed by atoms with E-state index >= 15 is 0 Å². The number of nitrogen functional groups attached to an aromatic ring is 1. The molecule has 6 nitrogen and oxygen atoms in total. The first-order chi connectivity index (χ1) is 7.74. The van der Waals surface area contributed by atoms with Crippen LogP contribution in [-0.4, -0.2) is 46.8 Å². The first kappa shape index (κ1) is 10.9.